The molecule has 0 radical (unpaired) electrons. The Kier molecular flexibility index (Phi) is 7.23. The molecule has 0 aliphatic heterocycles. The molecule has 1 aromatic heterocycles. The maximum atomic E-state index is 13.4. The minimum Gasteiger partial charge on any atom is -0.497 e. The van der Waals surface area contributed by atoms with Crippen molar-refractivity contribution in [2.45, 2.75) is 27.2 Å². The van der Waals surface area contributed by atoms with Crippen LogP contribution in [0.25, 0.3) is 10.2 Å². The van der Waals surface area contributed by atoms with Gasteiger partial charge in [0, 0.05) is 18.7 Å². The Bertz CT molecular complexity index is 966. The molecule has 6 heteroatoms. The molecule has 0 saturated heterocycles. The second-order valence-electron chi connectivity index (χ2n) is 6.87. The van der Waals surface area contributed by atoms with Crippen molar-refractivity contribution < 1.29 is 9.53 Å². The zero-order valence-corrected chi connectivity index (χ0v) is 18.5. The quantitative estimate of drug-likeness (QED) is 0.505. The van der Waals surface area contributed by atoms with Crippen LogP contribution in [0.15, 0.2) is 42.5 Å². The molecule has 154 valence electrons. The van der Waals surface area contributed by atoms with Gasteiger partial charge in [-0.15, -0.1) is 0 Å². The van der Waals surface area contributed by atoms with Gasteiger partial charge in [0.05, 0.1) is 17.3 Å². The number of hydrogen-bond donors (Lipinski definition) is 0. The van der Waals surface area contributed by atoms with E-state index in [0.29, 0.717) is 17.9 Å². The SMILES string of the molecule is CCc1ccc2nc(N(CCN(CC)CC)C(=O)c3cccc(OC)c3)sc2c1. The molecule has 0 N–H and O–H groups in total. The van der Waals surface area contributed by atoms with Gasteiger partial charge in [-0.3, -0.25) is 9.69 Å². The Morgan fingerprint density at radius 3 is 2.55 bits per heavy atom. The number of fused-ring (bicyclic) bond motifs is 1. The summed E-state index contributed by atoms with van der Waals surface area (Å²) < 4.78 is 6.42. The monoisotopic (exact) mass is 411 g/mol. The summed E-state index contributed by atoms with van der Waals surface area (Å²) in [5.41, 5.74) is 2.83. The van der Waals surface area contributed by atoms with Crippen LogP contribution in [0.5, 0.6) is 5.75 Å². The first-order valence-corrected chi connectivity index (χ1v) is 11.0. The predicted molar refractivity (Wildman–Crippen MR) is 121 cm³/mol. The molecule has 3 rings (SSSR count). The first-order valence-electron chi connectivity index (χ1n) is 10.2. The highest BCUT2D eigenvalue weighted by molar-refractivity contribution is 7.22. The highest BCUT2D eigenvalue weighted by Crippen LogP contribution is 2.31. The number of carbonyl (C=O) groups is 1. The van der Waals surface area contributed by atoms with Crippen molar-refractivity contribution >= 4 is 32.6 Å². The predicted octanol–water partition coefficient (Wildman–Crippen LogP) is 4.86. The number of methoxy groups -OCH3 is 1. The number of ether oxygens (including phenoxy) is 1. The zero-order chi connectivity index (χ0) is 20.8. The van der Waals surface area contributed by atoms with E-state index < -0.39 is 0 Å². The van der Waals surface area contributed by atoms with E-state index >= 15 is 0 Å². The van der Waals surface area contributed by atoms with Gasteiger partial charge in [0.25, 0.3) is 5.91 Å². The van der Waals surface area contributed by atoms with Crippen LogP contribution in [0.4, 0.5) is 5.13 Å². The normalized spacial score (nSPS) is 11.2. The Morgan fingerprint density at radius 1 is 1.07 bits per heavy atom. The molecule has 0 saturated carbocycles. The summed E-state index contributed by atoms with van der Waals surface area (Å²) in [4.78, 5) is 22.3. The number of likely N-dealkylation sites (N-methyl/N-ethyl adjacent to an activating group) is 1. The number of benzene rings is 2. The van der Waals surface area contributed by atoms with Crippen LogP contribution >= 0.6 is 11.3 Å². The molecule has 0 aliphatic carbocycles. The number of amides is 1. The number of carbonyl (C=O) groups excluding carboxylic acids is 1. The van der Waals surface area contributed by atoms with E-state index in [1.165, 1.54) is 5.56 Å². The Hall–Kier alpha value is -2.44. The van der Waals surface area contributed by atoms with E-state index in [2.05, 4.69) is 37.8 Å². The number of hydrogen-bond acceptors (Lipinski definition) is 5. The van der Waals surface area contributed by atoms with Crippen LogP contribution in [-0.2, 0) is 6.42 Å². The van der Waals surface area contributed by atoms with Crippen molar-refractivity contribution in [1.29, 1.82) is 0 Å². The molecular formula is C23H29N3O2S. The fourth-order valence-corrected chi connectivity index (χ4v) is 4.32. The van der Waals surface area contributed by atoms with E-state index in [1.807, 2.05) is 29.2 Å². The van der Waals surface area contributed by atoms with Gasteiger partial charge < -0.3 is 9.64 Å². The van der Waals surface area contributed by atoms with Gasteiger partial charge in [-0.1, -0.05) is 44.2 Å². The fourth-order valence-electron chi connectivity index (χ4n) is 3.27. The molecule has 0 bridgehead atoms. The lowest BCUT2D eigenvalue weighted by Crippen LogP contribution is -2.38. The van der Waals surface area contributed by atoms with Crippen molar-refractivity contribution in [3.8, 4) is 5.75 Å². The van der Waals surface area contributed by atoms with E-state index in [0.717, 1.165) is 41.4 Å². The molecule has 29 heavy (non-hydrogen) atoms. The van der Waals surface area contributed by atoms with Crippen LogP contribution in [0.3, 0.4) is 0 Å². The molecular weight excluding hydrogens is 382 g/mol. The van der Waals surface area contributed by atoms with Crippen molar-refractivity contribution in [1.82, 2.24) is 9.88 Å². The Labute approximate surface area is 176 Å². The van der Waals surface area contributed by atoms with E-state index in [1.54, 1.807) is 24.5 Å². The van der Waals surface area contributed by atoms with Gasteiger partial charge in [-0.2, -0.15) is 0 Å². The molecule has 1 heterocycles. The maximum Gasteiger partial charge on any atom is 0.260 e. The molecule has 0 unspecified atom stereocenters. The number of nitrogens with zero attached hydrogens (tertiary/aromatic N) is 3. The lowest BCUT2D eigenvalue weighted by Gasteiger charge is -2.24. The second-order valence-corrected chi connectivity index (χ2v) is 7.88. The molecule has 0 spiro atoms. The van der Waals surface area contributed by atoms with Gasteiger partial charge in [0.15, 0.2) is 5.13 Å². The van der Waals surface area contributed by atoms with Gasteiger partial charge in [0.1, 0.15) is 5.75 Å². The highest BCUT2D eigenvalue weighted by atomic mass is 32.1. The van der Waals surface area contributed by atoms with Gasteiger partial charge in [0.2, 0.25) is 0 Å². The number of aryl methyl sites for hydroxylation is 1. The van der Waals surface area contributed by atoms with Crippen LogP contribution in [0.1, 0.15) is 36.7 Å². The fraction of sp³-hybridized carbons (Fsp3) is 0.391. The first-order chi connectivity index (χ1) is 14.1. The van der Waals surface area contributed by atoms with E-state index in [4.69, 9.17) is 9.72 Å². The summed E-state index contributed by atoms with van der Waals surface area (Å²) in [6.07, 6.45) is 0.984. The Balaban J connectivity index is 1.96. The minimum atomic E-state index is -0.0502. The minimum absolute atomic E-state index is 0.0502. The second kappa shape index (κ2) is 9.85. The average molecular weight is 412 g/mol. The summed E-state index contributed by atoms with van der Waals surface area (Å²) in [6, 6.07) is 13.6. The highest BCUT2D eigenvalue weighted by Gasteiger charge is 2.22. The Morgan fingerprint density at radius 2 is 1.86 bits per heavy atom. The average Bonchev–Trinajstić information content (AvgIpc) is 3.19. The van der Waals surface area contributed by atoms with Crippen molar-refractivity contribution in [2.75, 3.05) is 38.2 Å². The molecule has 0 fully saturated rings. The third kappa shape index (κ3) is 4.95. The largest absolute Gasteiger partial charge is 0.497 e. The standard InChI is InChI=1S/C23H29N3O2S/c1-5-17-11-12-20-21(15-17)29-23(24-20)26(14-13-25(6-2)7-3)22(27)18-9-8-10-19(16-18)28-4/h8-12,15-16H,5-7,13-14H2,1-4H3. The topological polar surface area (TPSA) is 45.7 Å². The van der Waals surface area contributed by atoms with E-state index in [-0.39, 0.29) is 5.91 Å². The summed E-state index contributed by atoms with van der Waals surface area (Å²) in [7, 11) is 1.61. The summed E-state index contributed by atoms with van der Waals surface area (Å²) in [5.74, 6) is 0.627. The lowest BCUT2D eigenvalue weighted by molar-refractivity contribution is 0.0983. The van der Waals surface area contributed by atoms with Gasteiger partial charge in [-0.05, 0) is 55.4 Å². The number of rotatable bonds is 9. The third-order valence-corrected chi connectivity index (χ3v) is 6.22. The van der Waals surface area contributed by atoms with Crippen molar-refractivity contribution in [3.05, 3.63) is 53.6 Å². The van der Waals surface area contributed by atoms with Gasteiger partial charge >= 0.3 is 0 Å². The van der Waals surface area contributed by atoms with Crippen molar-refractivity contribution in [3.63, 3.8) is 0 Å². The van der Waals surface area contributed by atoms with Crippen LogP contribution in [0, 0.1) is 0 Å². The summed E-state index contributed by atoms with van der Waals surface area (Å²) in [5, 5.41) is 0.744. The molecule has 1 amide bonds. The summed E-state index contributed by atoms with van der Waals surface area (Å²) >= 11 is 1.58. The number of anilines is 1. The first kappa shape index (κ1) is 21.3. The summed E-state index contributed by atoms with van der Waals surface area (Å²) in [6.45, 7) is 9.74. The van der Waals surface area contributed by atoms with Gasteiger partial charge in [-0.25, -0.2) is 4.98 Å². The zero-order valence-electron chi connectivity index (χ0n) is 17.6. The molecule has 2 aromatic carbocycles. The number of thiazole rings is 1. The van der Waals surface area contributed by atoms with Crippen molar-refractivity contribution in [2.24, 2.45) is 0 Å². The molecule has 0 aliphatic rings. The van der Waals surface area contributed by atoms with Crippen LogP contribution in [-0.4, -0.2) is 49.1 Å². The lowest BCUT2D eigenvalue weighted by atomic mass is 10.2. The maximum absolute atomic E-state index is 13.4. The molecule has 3 aromatic rings. The number of aromatic nitrogens is 1. The smallest absolute Gasteiger partial charge is 0.260 e. The van der Waals surface area contributed by atoms with Crippen LogP contribution in [0.2, 0.25) is 0 Å². The third-order valence-electron chi connectivity index (χ3n) is 5.18. The molecule has 0 atom stereocenters. The molecule has 5 nitrogen and oxygen atoms in total. The van der Waals surface area contributed by atoms with E-state index in [9.17, 15) is 4.79 Å². The van der Waals surface area contributed by atoms with Crippen LogP contribution < -0.4 is 9.64 Å².